The second-order valence-corrected chi connectivity index (χ2v) is 6.90. The van der Waals surface area contributed by atoms with Crippen molar-refractivity contribution in [1.29, 1.82) is 0 Å². The molecule has 0 saturated carbocycles. The molecule has 0 spiro atoms. The number of aliphatic hydroxyl groups is 1. The average Bonchev–Trinajstić information content (AvgIpc) is 2.95. The molecule has 0 bridgehead atoms. The van der Waals surface area contributed by atoms with Gasteiger partial charge >= 0.3 is 0 Å². The van der Waals surface area contributed by atoms with Crippen LogP contribution in [0.15, 0.2) is 37.4 Å². The van der Waals surface area contributed by atoms with E-state index in [-0.39, 0.29) is 6.61 Å². The SMILES string of the molecule is C=CCN1C[C@H](CO)C[C@@H]2c3cccc4[nH]c(C=C)c(c34)C[C@H]21. The van der Waals surface area contributed by atoms with E-state index in [1.807, 2.05) is 12.2 Å². The lowest BCUT2D eigenvalue weighted by atomic mass is 9.72. The molecule has 23 heavy (non-hydrogen) atoms. The van der Waals surface area contributed by atoms with E-state index in [4.69, 9.17) is 0 Å². The van der Waals surface area contributed by atoms with Crippen molar-refractivity contribution in [2.75, 3.05) is 19.7 Å². The third kappa shape index (κ3) is 2.19. The minimum absolute atomic E-state index is 0.269. The number of H-pyrrole nitrogens is 1. The monoisotopic (exact) mass is 308 g/mol. The fraction of sp³-hybridized carbons (Fsp3) is 0.400. The van der Waals surface area contributed by atoms with Crippen LogP contribution in [0.2, 0.25) is 0 Å². The lowest BCUT2D eigenvalue weighted by Crippen LogP contribution is -2.50. The Morgan fingerprint density at radius 3 is 2.96 bits per heavy atom. The van der Waals surface area contributed by atoms with Gasteiger partial charge in [0.15, 0.2) is 0 Å². The highest BCUT2D eigenvalue weighted by atomic mass is 16.3. The summed E-state index contributed by atoms with van der Waals surface area (Å²) in [4.78, 5) is 6.02. The Labute approximate surface area is 137 Å². The number of nitrogens with zero attached hydrogens (tertiary/aromatic N) is 1. The summed E-state index contributed by atoms with van der Waals surface area (Å²) in [6.07, 6.45) is 6.05. The number of benzene rings is 1. The van der Waals surface area contributed by atoms with Gasteiger partial charge in [-0.2, -0.15) is 0 Å². The van der Waals surface area contributed by atoms with Crippen molar-refractivity contribution >= 4 is 17.0 Å². The zero-order valence-electron chi connectivity index (χ0n) is 13.5. The van der Waals surface area contributed by atoms with Crippen LogP contribution in [0.1, 0.15) is 29.2 Å². The number of nitrogens with one attached hydrogen (secondary N) is 1. The van der Waals surface area contributed by atoms with Gasteiger partial charge in [-0.05, 0) is 42.0 Å². The fourth-order valence-electron chi connectivity index (χ4n) is 4.70. The number of likely N-dealkylation sites (tertiary alicyclic amines) is 1. The molecule has 1 aromatic carbocycles. The molecule has 2 N–H and O–H groups in total. The highest BCUT2D eigenvalue weighted by Crippen LogP contribution is 2.45. The molecule has 1 aliphatic heterocycles. The maximum absolute atomic E-state index is 9.73. The molecule has 0 unspecified atom stereocenters. The van der Waals surface area contributed by atoms with E-state index in [0.717, 1.165) is 31.6 Å². The molecule has 0 amide bonds. The molecule has 1 aromatic heterocycles. The summed E-state index contributed by atoms with van der Waals surface area (Å²) in [6.45, 7) is 10.0. The first-order chi connectivity index (χ1) is 11.3. The summed E-state index contributed by atoms with van der Waals surface area (Å²) in [5.41, 5.74) is 5.22. The Morgan fingerprint density at radius 1 is 1.35 bits per heavy atom. The molecular formula is C20H24N2O. The Hall–Kier alpha value is -1.84. The molecule has 1 fully saturated rings. The van der Waals surface area contributed by atoms with Gasteiger partial charge in [0.1, 0.15) is 0 Å². The summed E-state index contributed by atoms with van der Waals surface area (Å²) < 4.78 is 0. The van der Waals surface area contributed by atoms with Crippen LogP contribution in [-0.4, -0.2) is 40.7 Å². The van der Waals surface area contributed by atoms with Gasteiger partial charge in [-0.15, -0.1) is 6.58 Å². The standard InChI is InChI=1S/C20H24N2O/c1-3-8-22-11-13(12-23)9-15-14-6-5-7-18-20(14)16(10-19(15)22)17(4-2)21-18/h3-7,13,15,19,21,23H,1-2,8-12H2/t13-,15-,19-/m1/s1. The minimum atomic E-state index is 0.269. The van der Waals surface area contributed by atoms with E-state index < -0.39 is 0 Å². The number of fused-ring (bicyclic) bond motifs is 2. The Balaban J connectivity index is 1.86. The van der Waals surface area contributed by atoms with Crippen molar-refractivity contribution in [2.24, 2.45) is 5.92 Å². The molecule has 1 saturated heterocycles. The highest BCUT2D eigenvalue weighted by Gasteiger charge is 2.40. The molecular weight excluding hydrogens is 284 g/mol. The normalized spacial score (nSPS) is 26.9. The molecule has 2 heterocycles. The first-order valence-electron chi connectivity index (χ1n) is 8.48. The third-order valence-electron chi connectivity index (χ3n) is 5.65. The Kier molecular flexibility index (Phi) is 3.63. The first kappa shape index (κ1) is 14.7. The Bertz CT molecular complexity index is 760. The van der Waals surface area contributed by atoms with Gasteiger partial charge < -0.3 is 10.1 Å². The van der Waals surface area contributed by atoms with E-state index in [0.29, 0.717) is 17.9 Å². The molecule has 4 rings (SSSR count). The zero-order valence-corrected chi connectivity index (χ0v) is 13.5. The molecule has 120 valence electrons. The van der Waals surface area contributed by atoms with Crippen LogP contribution in [0, 0.1) is 5.92 Å². The lowest BCUT2D eigenvalue weighted by molar-refractivity contribution is 0.0660. The molecule has 3 atom stereocenters. The van der Waals surface area contributed by atoms with E-state index in [1.165, 1.54) is 22.0 Å². The number of aromatic nitrogens is 1. The van der Waals surface area contributed by atoms with Crippen LogP contribution >= 0.6 is 0 Å². The number of hydrogen-bond acceptors (Lipinski definition) is 2. The van der Waals surface area contributed by atoms with Crippen molar-refractivity contribution < 1.29 is 5.11 Å². The van der Waals surface area contributed by atoms with Crippen LogP contribution < -0.4 is 0 Å². The fourth-order valence-corrected chi connectivity index (χ4v) is 4.70. The van der Waals surface area contributed by atoms with Gasteiger partial charge in [-0.1, -0.05) is 24.8 Å². The summed E-state index contributed by atoms with van der Waals surface area (Å²) >= 11 is 0. The van der Waals surface area contributed by atoms with Crippen molar-refractivity contribution in [1.82, 2.24) is 9.88 Å². The zero-order chi connectivity index (χ0) is 16.0. The van der Waals surface area contributed by atoms with Gasteiger partial charge in [0, 0.05) is 48.3 Å². The minimum Gasteiger partial charge on any atom is -0.396 e. The van der Waals surface area contributed by atoms with Crippen LogP contribution in [-0.2, 0) is 6.42 Å². The average molecular weight is 308 g/mol. The second kappa shape index (κ2) is 5.66. The number of hydrogen-bond donors (Lipinski definition) is 2. The molecule has 0 radical (unpaired) electrons. The van der Waals surface area contributed by atoms with Crippen molar-refractivity contribution in [2.45, 2.75) is 24.8 Å². The Morgan fingerprint density at radius 2 is 2.22 bits per heavy atom. The van der Waals surface area contributed by atoms with E-state index in [2.05, 4.69) is 41.2 Å². The van der Waals surface area contributed by atoms with Crippen molar-refractivity contribution in [3.63, 3.8) is 0 Å². The van der Waals surface area contributed by atoms with Crippen LogP contribution in [0.25, 0.3) is 17.0 Å². The number of rotatable bonds is 4. The van der Waals surface area contributed by atoms with E-state index >= 15 is 0 Å². The van der Waals surface area contributed by atoms with Crippen LogP contribution in [0.5, 0.6) is 0 Å². The van der Waals surface area contributed by atoms with Gasteiger partial charge in [-0.25, -0.2) is 0 Å². The maximum atomic E-state index is 9.73. The van der Waals surface area contributed by atoms with Crippen LogP contribution in [0.3, 0.4) is 0 Å². The molecule has 2 aliphatic rings. The second-order valence-electron chi connectivity index (χ2n) is 6.90. The molecule has 2 aromatic rings. The predicted octanol–water partition coefficient (Wildman–Crippen LogP) is 3.32. The van der Waals surface area contributed by atoms with Crippen molar-refractivity contribution in [3.8, 4) is 0 Å². The predicted molar refractivity (Wildman–Crippen MR) is 95.6 cm³/mol. The molecule has 3 nitrogen and oxygen atoms in total. The molecule has 3 heteroatoms. The van der Waals surface area contributed by atoms with Gasteiger partial charge in [0.25, 0.3) is 0 Å². The first-order valence-corrected chi connectivity index (χ1v) is 8.48. The van der Waals surface area contributed by atoms with E-state index in [1.54, 1.807) is 0 Å². The van der Waals surface area contributed by atoms with Gasteiger partial charge in [0.05, 0.1) is 0 Å². The summed E-state index contributed by atoms with van der Waals surface area (Å²) in [6, 6.07) is 7.06. The van der Waals surface area contributed by atoms with Gasteiger partial charge in [-0.3, -0.25) is 4.90 Å². The number of piperidine rings is 1. The number of aromatic amines is 1. The maximum Gasteiger partial charge on any atom is 0.0471 e. The van der Waals surface area contributed by atoms with E-state index in [9.17, 15) is 5.11 Å². The molecule has 1 aliphatic carbocycles. The quantitative estimate of drug-likeness (QED) is 0.851. The topological polar surface area (TPSA) is 39.3 Å². The summed E-state index contributed by atoms with van der Waals surface area (Å²) in [7, 11) is 0. The smallest absolute Gasteiger partial charge is 0.0471 e. The highest BCUT2D eigenvalue weighted by molar-refractivity contribution is 5.91. The number of aliphatic hydroxyl groups excluding tert-OH is 1. The summed E-state index contributed by atoms with van der Waals surface area (Å²) in [5.74, 6) is 0.844. The third-order valence-corrected chi connectivity index (χ3v) is 5.65. The van der Waals surface area contributed by atoms with Crippen molar-refractivity contribution in [3.05, 3.63) is 54.3 Å². The largest absolute Gasteiger partial charge is 0.396 e. The van der Waals surface area contributed by atoms with Crippen LogP contribution in [0.4, 0.5) is 0 Å². The van der Waals surface area contributed by atoms with Gasteiger partial charge in [0.2, 0.25) is 0 Å². The summed E-state index contributed by atoms with van der Waals surface area (Å²) in [5, 5.41) is 11.1. The lowest BCUT2D eigenvalue weighted by Gasteiger charge is -2.46.